The lowest BCUT2D eigenvalue weighted by Gasteiger charge is -2.23. The van der Waals surface area contributed by atoms with Gasteiger partial charge in [0.15, 0.2) is 0 Å². The third-order valence-corrected chi connectivity index (χ3v) is 2.81. The lowest BCUT2D eigenvalue weighted by Crippen LogP contribution is -2.40. The highest BCUT2D eigenvalue weighted by Crippen LogP contribution is 2.14. The topological polar surface area (TPSA) is 51.2 Å². The first-order chi connectivity index (χ1) is 7.77. The molecule has 1 aromatic heterocycles. The standard InChI is InChI=1S/C11H13ClN2O2/c12-10-6-13-4-3-9(10)11(15)14-8-2-1-5-16-7-8/h3-4,6,8H,1-2,5,7H2,(H,14,15). The summed E-state index contributed by atoms with van der Waals surface area (Å²) < 4.78 is 5.29. The number of amides is 1. The fraction of sp³-hybridized carbons (Fsp3) is 0.455. The first-order valence-electron chi connectivity index (χ1n) is 5.25. The average Bonchev–Trinajstić information content (AvgIpc) is 2.31. The van der Waals surface area contributed by atoms with Crippen LogP contribution in [0.5, 0.6) is 0 Å². The van der Waals surface area contributed by atoms with Gasteiger partial charge >= 0.3 is 0 Å². The van der Waals surface area contributed by atoms with Gasteiger partial charge in [0.25, 0.3) is 5.91 Å². The molecule has 1 N–H and O–H groups in total. The molecule has 5 heteroatoms. The molecule has 1 aliphatic heterocycles. The van der Waals surface area contributed by atoms with Crippen LogP contribution in [0, 0.1) is 0 Å². The second kappa shape index (κ2) is 5.27. The van der Waals surface area contributed by atoms with Gasteiger partial charge in [0.2, 0.25) is 0 Å². The number of nitrogens with zero attached hydrogens (tertiary/aromatic N) is 1. The van der Waals surface area contributed by atoms with Crippen molar-refractivity contribution in [2.45, 2.75) is 18.9 Å². The molecule has 86 valence electrons. The molecule has 0 spiro atoms. The van der Waals surface area contributed by atoms with Gasteiger partial charge < -0.3 is 10.1 Å². The highest BCUT2D eigenvalue weighted by atomic mass is 35.5. The number of hydrogen-bond donors (Lipinski definition) is 1. The molecular formula is C11H13ClN2O2. The van der Waals surface area contributed by atoms with E-state index in [1.54, 1.807) is 12.3 Å². The number of hydrogen-bond acceptors (Lipinski definition) is 3. The smallest absolute Gasteiger partial charge is 0.253 e. The lowest BCUT2D eigenvalue weighted by atomic mass is 10.1. The molecule has 0 aromatic carbocycles. The number of nitrogens with one attached hydrogen (secondary N) is 1. The first-order valence-corrected chi connectivity index (χ1v) is 5.63. The molecule has 1 aliphatic rings. The van der Waals surface area contributed by atoms with Gasteiger partial charge in [-0.2, -0.15) is 0 Å². The van der Waals surface area contributed by atoms with Crippen LogP contribution in [0.3, 0.4) is 0 Å². The Labute approximate surface area is 99.0 Å². The number of aromatic nitrogens is 1. The third-order valence-electron chi connectivity index (χ3n) is 2.51. The van der Waals surface area contributed by atoms with E-state index in [2.05, 4.69) is 10.3 Å². The average molecular weight is 241 g/mol. The fourth-order valence-corrected chi connectivity index (χ4v) is 1.88. The minimum Gasteiger partial charge on any atom is -0.379 e. The predicted molar refractivity (Wildman–Crippen MR) is 60.6 cm³/mol. The number of carbonyl (C=O) groups excluding carboxylic acids is 1. The first kappa shape index (κ1) is 11.4. The number of ether oxygens (including phenoxy) is 1. The van der Waals surface area contributed by atoms with Crippen molar-refractivity contribution in [1.29, 1.82) is 0 Å². The van der Waals surface area contributed by atoms with Crippen LogP contribution in [0.1, 0.15) is 23.2 Å². The Hall–Kier alpha value is -1.13. The van der Waals surface area contributed by atoms with Crippen LogP contribution in [0.2, 0.25) is 5.02 Å². The predicted octanol–water partition coefficient (Wildman–Crippen LogP) is 1.64. The van der Waals surface area contributed by atoms with Crippen molar-refractivity contribution in [3.05, 3.63) is 29.0 Å². The number of halogens is 1. The largest absolute Gasteiger partial charge is 0.379 e. The summed E-state index contributed by atoms with van der Waals surface area (Å²) in [5.41, 5.74) is 0.460. The van der Waals surface area contributed by atoms with Crippen LogP contribution in [0.25, 0.3) is 0 Å². The number of rotatable bonds is 2. The maximum absolute atomic E-state index is 11.9. The zero-order chi connectivity index (χ0) is 11.4. The van der Waals surface area contributed by atoms with Gasteiger partial charge in [0.1, 0.15) is 0 Å². The van der Waals surface area contributed by atoms with Gasteiger partial charge in [-0.1, -0.05) is 11.6 Å². The quantitative estimate of drug-likeness (QED) is 0.855. The van der Waals surface area contributed by atoms with Crippen LogP contribution in [-0.2, 0) is 4.74 Å². The van der Waals surface area contributed by atoms with Crippen LogP contribution in [-0.4, -0.2) is 30.1 Å². The molecule has 16 heavy (non-hydrogen) atoms. The zero-order valence-electron chi connectivity index (χ0n) is 8.78. The minimum atomic E-state index is -0.164. The zero-order valence-corrected chi connectivity index (χ0v) is 9.54. The molecular weight excluding hydrogens is 228 g/mol. The van der Waals surface area contributed by atoms with Crippen molar-refractivity contribution in [3.63, 3.8) is 0 Å². The van der Waals surface area contributed by atoms with E-state index in [-0.39, 0.29) is 11.9 Å². The number of pyridine rings is 1. The molecule has 0 radical (unpaired) electrons. The van der Waals surface area contributed by atoms with E-state index >= 15 is 0 Å². The summed E-state index contributed by atoms with van der Waals surface area (Å²) in [5, 5.41) is 3.27. The molecule has 0 saturated carbocycles. The molecule has 2 rings (SSSR count). The molecule has 1 amide bonds. The van der Waals surface area contributed by atoms with Crippen molar-refractivity contribution >= 4 is 17.5 Å². The summed E-state index contributed by atoms with van der Waals surface area (Å²) in [6.45, 7) is 1.36. The Bertz CT molecular complexity index is 378. The van der Waals surface area contributed by atoms with Gasteiger partial charge in [-0.3, -0.25) is 9.78 Å². The third kappa shape index (κ3) is 2.71. The van der Waals surface area contributed by atoms with Crippen LogP contribution < -0.4 is 5.32 Å². The molecule has 1 unspecified atom stereocenters. The molecule has 2 heterocycles. The maximum atomic E-state index is 11.9. The van der Waals surface area contributed by atoms with Crippen LogP contribution in [0.4, 0.5) is 0 Å². The lowest BCUT2D eigenvalue weighted by molar-refractivity contribution is 0.0624. The fourth-order valence-electron chi connectivity index (χ4n) is 1.68. The molecule has 1 atom stereocenters. The number of carbonyl (C=O) groups is 1. The van der Waals surface area contributed by atoms with E-state index in [9.17, 15) is 4.79 Å². The summed E-state index contributed by atoms with van der Waals surface area (Å²) >= 11 is 5.88. The van der Waals surface area contributed by atoms with Crippen LogP contribution >= 0.6 is 11.6 Å². The molecule has 0 aliphatic carbocycles. The maximum Gasteiger partial charge on any atom is 0.253 e. The molecule has 4 nitrogen and oxygen atoms in total. The molecule has 1 fully saturated rings. The minimum absolute atomic E-state index is 0.0884. The van der Waals surface area contributed by atoms with Crippen molar-refractivity contribution < 1.29 is 9.53 Å². The normalized spacial score (nSPS) is 20.4. The van der Waals surface area contributed by atoms with E-state index in [0.717, 1.165) is 19.4 Å². The second-order valence-electron chi connectivity index (χ2n) is 3.74. The SMILES string of the molecule is O=C(NC1CCCOC1)c1ccncc1Cl. The van der Waals surface area contributed by atoms with Gasteiger partial charge in [0, 0.05) is 19.0 Å². The van der Waals surface area contributed by atoms with Crippen molar-refractivity contribution in [2.75, 3.05) is 13.2 Å². The summed E-state index contributed by atoms with van der Waals surface area (Å²) in [6.07, 6.45) is 4.95. The summed E-state index contributed by atoms with van der Waals surface area (Å²) in [4.78, 5) is 15.7. The van der Waals surface area contributed by atoms with E-state index in [4.69, 9.17) is 16.3 Å². The van der Waals surface area contributed by atoms with Crippen molar-refractivity contribution in [2.24, 2.45) is 0 Å². The Balaban J connectivity index is 2.00. The molecule has 0 bridgehead atoms. The van der Waals surface area contributed by atoms with Gasteiger partial charge in [-0.15, -0.1) is 0 Å². The molecule has 1 aromatic rings. The highest BCUT2D eigenvalue weighted by molar-refractivity contribution is 6.33. The second-order valence-corrected chi connectivity index (χ2v) is 4.15. The summed E-state index contributed by atoms with van der Waals surface area (Å²) in [7, 11) is 0. The van der Waals surface area contributed by atoms with Crippen molar-refractivity contribution in [1.82, 2.24) is 10.3 Å². The van der Waals surface area contributed by atoms with E-state index in [0.29, 0.717) is 17.2 Å². The van der Waals surface area contributed by atoms with Gasteiger partial charge in [0.05, 0.1) is 23.2 Å². The Morgan fingerprint density at radius 3 is 3.19 bits per heavy atom. The monoisotopic (exact) mass is 240 g/mol. The van der Waals surface area contributed by atoms with E-state index in [1.165, 1.54) is 6.20 Å². The van der Waals surface area contributed by atoms with Crippen molar-refractivity contribution in [3.8, 4) is 0 Å². The highest BCUT2D eigenvalue weighted by Gasteiger charge is 2.18. The van der Waals surface area contributed by atoms with E-state index in [1.807, 2.05) is 0 Å². The van der Waals surface area contributed by atoms with Crippen LogP contribution in [0.15, 0.2) is 18.5 Å². The van der Waals surface area contributed by atoms with E-state index < -0.39 is 0 Å². The Morgan fingerprint density at radius 2 is 2.50 bits per heavy atom. The molecule has 1 saturated heterocycles. The summed E-state index contributed by atoms with van der Waals surface area (Å²) in [5.74, 6) is -0.164. The summed E-state index contributed by atoms with van der Waals surface area (Å²) in [6, 6.07) is 1.70. The van der Waals surface area contributed by atoms with Gasteiger partial charge in [-0.25, -0.2) is 0 Å². The Morgan fingerprint density at radius 1 is 1.62 bits per heavy atom. The van der Waals surface area contributed by atoms with Gasteiger partial charge in [-0.05, 0) is 18.9 Å². The Kier molecular flexibility index (Phi) is 3.74.